The molecule has 0 radical (unpaired) electrons. The molecule has 0 bridgehead atoms. The topological polar surface area (TPSA) is 43.1 Å². The van der Waals surface area contributed by atoms with E-state index < -0.39 is 0 Å². The molecule has 0 heterocycles. The van der Waals surface area contributed by atoms with Crippen molar-refractivity contribution < 1.29 is 4.79 Å². The molecule has 15 heavy (non-hydrogen) atoms. The van der Waals surface area contributed by atoms with Gasteiger partial charge in [-0.05, 0) is 25.1 Å². The van der Waals surface area contributed by atoms with E-state index in [1.54, 1.807) is 23.5 Å². The fourth-order valence-corrected chi connectivity index (χ4v) is 3.05. The van der Waals surface area contributed by atoms with Gasteiger partial charge < -0.3 is 5.73 Å². The van der Waals surface area contributed by atoms with Crippen LogP contribution < -0.4 is 5.73 Å². The Bertz CT molecular complexity index is 352. The van der Waals surface area contributed by atoms with Crippen molar-refractivity contribution in [1.82, 2.24) is 0 Å². The average Bonchev–Trinajstić information content (AvgIpc) is 2.28. The van der Waals surface area contributed by atoms with Crippen molar-refractivity contribution in [2.45, 2.75) is 16.2 Å². The third-order valence-electron chi connectivity index (χ3n) is 2.07. The molecule has 0 amide bonds. The molecule has 0 aliphatic heterocycles. The molecule has 2 nitrogen and oxygen atoms in total. The summed E-state index contributed by atoms with van der Waals surface area (Å²) in [6.45, 7) is 0.413. The van der Waals surface area contributed by atoms with Crippen LogP contribution in [-0.4, -0.2) is 24.8 Å². The summed E-state index contributed by atoms with van der Waals surface area (Å²) >= 11 is 3.28. The van der Waals surface area contributed by atoms with Crippen LogP contribution in [0.1, 0.15) is 16.8 Å². The number of hydrogen-bond donors (Lipinski definition) is 1. The van der Waals surface area contributed by atoms with Crippen molar-refractivity contribution in [3.63, 3.8) is 0 Å². The lowest BCUT2D eigenvalue weighted by atomic mass is 10.1. The molecule has 2 N–H and O–H groups in total. The van der Waals surface area contributed by atoms with Crippen molar-refractivity contribution in [2.75, 3.05) is 19.1 Å². The maximum Gasteiger partial charge on any atom is 0.165 e. The highest BCUT2D eigenvalue weighted by atomic mass is 32.2. The molecule has 82 valence electrons. The van der Waals surface area contributed by atoms with Gasteiger partial charge in [0.25, 0.3) is 0 Å². The summed E-state index contributed by atoms with van der Waals surface area (Å²) in [6.07, 6.45) is 4.44. The van der Waals surface area contributed by atoms with Crippen LogP contribution in [0.5, 0.6) is 0 Å². The van der Waals surface area contributed by atoms with Crippen molar-refractivity contribution in [3.8, 4) is 0 Å². The van der Waals surface area contributed by atoms with Gasteiger partial charge in [0.05, 0.1) is 0 Å². The zero-order valence-corrected chi connectivity index (χ0v) is 10.6. The molecule has 0 aromatic heterocycles. The Hall–Kier alpha value is -0.450. The highest BCUT2D eigenvalue weighted by Crippen LogP contribution is 2.31. The van der Waals surface area contributed by atoms with Crippen molar-refractivity contribution >= 4 is 29.3 Å². The fourth-order valence-electron chi connectivity index (χ4n) is 1.37. The fraction of sp³-hybridized carbons (Fsp3) is 0.364. The Kier molecular flexibility index (Phi) is 5.22. The van der Waals surface area contributed by atoms with E-state index in [1.165, 1.54) is 0 Å². The van der Waals surface area contributed by atoms with Crippen LogP contribution >= 0.6 is 23.5 Å². The molecule has 0 spiro atoms. The number of ketones is 1. The first-order chi connectivity index (χ1) is 7.24. The molecule has 0 saturated carbocycles. The molecule has 0 aliphatic carbocycles. The highest BCUT2D eigenvalue weighted by Gasteiger charge is 2.12. The first-order valence-corrected chi connectivity index (χ1v) is 7.13. The van der Waals surface area contributed by atoms with Crippen LogP contribution in [0.2, 0.25) is 0 Å². The predicted octanol–water partition coefficient (Wildman–Crippen LogP) is 2.66. The number of rotatable bonds is 5. The lowest BCUT2D eigenvalue weighted by Gasteiger charge is -2.09. The van der Waals surface area contributed by atoms with Gasteiger partial charge in [0.2, 0.25) is 0 Å². The second-order valence-electron chi connectivity index (χ2n) is 3.00. The first kappa shape index (κ1) is 12.6. The maximum absolute atomic E-state index is 11.8. The molecule has 1 rings (SSSR count). The summed E-state index contributed by atoms with van der Waals surface area (Å²) in [6, 6.07) is 5.84. The Labute approximate surface area is 99.0 Å². The third kappa shape index (κ3) is 3.00. The molecule has 4 heteroatoms. The van der Waals surface area contributed by atoms with Crippen molar-refractivity contribution in [2.24, 2.45) is 5.73 Å². The van der Waals surface area contributed by atoms with Gasteiger partial charge in [-0.3, -0.25) is 4.79 Å². The summed E-state index contributed by atoms with van der Waals surface area (Å²) in [7, 11) is 0. The number of thioether (sulfide) groups is 2. The lowest BCUT2D eigenvalue weighted by Crippen LogP contribution is -2.09. The molecule has 1 aromatic carbocycles. The molecule has 1 aromatic rings. The molecular formula is C11H15NOS2. The summed E-state index contributed by atoms with van der Waals surface area (Å²) in [5, 5.41) is 0. The van der Waals surface area contributed by atoms with Crippen molar-refractivity contribution in [3.05, 3.63) is 23.8 Å². The Morgan fingerprint density at radius 3 is 2.60 bits per heavy atom. The molecule has 0 saturated heterocycles. The number of Topliss-reactive ketones (excluding diaryl/α,β-unsaturated/α-hetero) is 1. The normalized spacial score (nSPS) is 10.3. The van der Waals surface area contributed by atoms with E-state index >= 15 is 0 Å². The van der Waals surface area contributed by atoms with Crippen LogP contribution in [0.15, 0.2) is 28.0 Å². The van der Waals surface area contributed by atoms with E-state index in [0.29, 0.717) is 13.0 Å². The highest BCUT2D eigenvalue weighted by molar-refractivity contribution is 8.01. The molecule has 0 fully saturated rings. The summed E-state index contributed by atoms with van der Waals surface area (Å²) < 4.78 is 0. The van der Waals surface area contributed by atoms with E-state index in [9.17, 15) is 4.79 Å². The lowest BCUT2D eigenvalue weighted by molar-refractivity contribution is 0.0982. The Morgan fingerprint density at radius 1 is 1.33 bits per heavy atom. The van der Waals surface area contributed by atoms with Gasteiger partial charge >= 0.3 is 0 Å². The summed E-state index contributed by atoms with van der Waals surface area (Å²) in [4.78, 5) is 14.0. The van der Waals surface area contributed by atoms with Crippen LogP contribution in [-0.2, 0) is 0 Å². The van der Waals surface area contributed by atoms with Gasteiger partial charge in [-0.25, -0.2) is 0 Å². The van der Waals surface area contributed by atoms with Crippen LogP contribution in [0, 0.1) is 0 Å². The van der Waals surface area contributed by atoms with Gasteiger partial charge in [0.15, 0.2) is 5.78 Å². The van der Waals surface area contributed by atoms with Gasteiger partial charge in [-0.2, -0.15) is 0 Å². The smallest absolute Gasteiger partial charge is 0.165 e. The molecule has 0 aliphatic rings. The molecule has 0 unspecified atom stereocenters. The summed E-state index contributed by atoms with van der Waals surface area (Å²) in [5.74, 6) is 0.137. The zero-order chi connectivity index (χ0) is 11.3. The number of carbonyl (C=O) groups excluding carboxylic acids is 1. The second-order valence-corrected chi connectivity index (χ2v) is 4.67. The minimum Gasteiger partial charge on any atom is -0.330 e. The number of nitrogens with two attached hydrogens (primary N) is 1. The molecule has 0 atom stereocenters. The van der Waals surface area contributed by atoms with E-state index in [-0.39, 0.29) is 5.78 Å². The minimum atomic E-state index is 0.137. The third-order valence-corrected chi connectivity index (χ3v) is 3.83. The number of benzene rings is 1. The number of carbonyl (C=O) groups is 1. The van der Waals surface area contributed by atoms with Crippen LogP contribution in [0.25, 0.3) is 0 Å². The maximum atomic E-state index is 11.8. The quantitative estimate of drug-likeness (QED) is 0.636. The average molecular weight is 241 g/mol. The van der Waals surface area contributed by atoms with E-state index in [4.69, 9.17) is 5.73 Å². The van der Waals surface area contributed by atoms with Crippen LogP contribution in [0.3, 0.4) is 0 Å². The van der Waals surface area contributed by atoms with E-state index in [2.05, 4.69) is 0 Å². The standard InChI is InChI=1S/C11H15NOS2/c1-14-10-5-3-4-8(11(10)15-2)9(13)6-7-12/h3-5H,6-7,12H2,1-2H3. The SMILES string of the molecule is CSc1cccc(C(=O)CCN)c1SC. The second kappa shape index (κ2) is 6.20. The Balaban J connectivity index is 3.11. The van der Waals surface area contributed by atoms with E-state index in [0.717, 1.165) is 15.4 Å². The minimum absolute atomic E-state index is 0.137. The van der Waals surface area contributed by atoms with Crippen LogP contribution in [0.4, 0.5) is 0 Å². The largest absolute Gasteiger partial charge is 0.330 e. The zero-order valence-electron chi connectivity index (χ0n) is 8.95. The van der Waals surface area contributed by atoms with E-state index in [1.807, 2.05) is 30.7 Å². The van der Waals surface area contributed by atoms with Gasteiger partial charge in [-0.1, -0.05) is 12.1 Å². The number of hydrogen-bond acceptors (Lipinski definition) is 4. The Morgan fingerprint density at radius 2 is 2.07 bits per heavy atom. The van der Waals surface area contributed by atoms with Crippen molar-refractivity contribution in [1.29, 1.82) is 0 Å². The van der Waals surface area contributed by atoms with Gasteiger partial charge in [0.1, 0.15) is 0 Å². The monoisotopic (exact) mass is 241 g/mol. The van der Waals surface area contributed by atoms with Gasteiger partial charge in [-0.15, -0.1) is 23.5 Å². The first-order valence-electron chi connectivity index (χ1n) is 4.68. The predicted molar refractivity (Wildman–Crippen MR) is 68.0 cm³/mol. The summed E-state index contributed by atoms with van der Waals surface area (Å²) in [5.41, 5.74) is 6.20. The molecular weight excluding hydrogens is 226 g/mol. The van der Waals surface area contributed by atoms with Gasteiger partial charge in [0, 0.05) is 21.8 Å².